The van der Waals surface area contributed by atoms with Gasteiger partial charge in [0.05, 0.1) is 11.1 Å². The molecule has 1 heterocycles. The van der Waals surface area contributed by atoms with Gasteiger partial charge in [0.15, 0.2) is 0 Å². The highest BCUT2D eigenvalue weighted by atomic mass is 32.1. The van der Waals surface area contributed by atoms with Gasteiger partial charge in [0.1, 0.15) is 5.00 Å². The number of amides is 1. The molecule has 2 aromatic rings. The maximum absolute atomic E-state index is 13.2. The SMILES string of the molecule is O=C(O)c1ccc(/C=N\c2sc3c(c2C(=O)NC2CCCCC2)CCCC3)cc1. The van der Waals surface area contributed by atoms with Gasteiger partial charge in [-0.1, -0.05) is 31.4 Å². The molecule has 29 heavy (non-hydrogen) atoms. The van der Waals surface area contributed by atoms with Gasteiger partial charge in [0, 0.05) is 17.1 Å². The van der Waals surface area contributed by atoms with Crippen LogP contribution in [-0.4, -0.2) is 29.2 Å². The second-order valence-electron chi connectivity index (χ2n) is 7.88. The van der Waals surface area contributed by atoms with Crippen molar-refractivity contribution in [1.82, 2.24) is 5.32 Å². The lowest BCUT2D eigenvalue weighted by Gasteiger charge is -2.23. The standard InChI is InChI=1S/C23H26N2O3S/c26-21(25-17-6-2-1-3-7-17)20-18-8-4-5-9-19(18)29-22(20)24-14-15-10-12-16(13-11-15)23(27)28/h10-14,17H,1-9H2,(H,25,26)(H,27,28)/b24-14-. The molecule has 152 valence electrons. The van der Waals surface area contributed by atoms with Crippen molar-refractivity contribution >= 4 is 34.4 Å². The number of aryl methyl sites for hydroxylation is 1. The fourth-order valence-corrected chi connectivity index (χ4v) is 5.46. The molecule has 0 unspecified atom stereocenters. The zero-order valence-electron chi connectivity index (χ0n) is 16.4. The van der Waals surface area contributed by atoms with Crippen molar-refractivity contribution in [3.05, 3.63) is 51.4 Å². The molecule has 2 aliphatic rings. The maximum atomic E-state index is 13.2. The lowest BCUT2D eigenvalue weighted by Crippen LogP contribution is -2.36. The number of carbonyl (C=O) groups excluding carboxylic acids is 1. The number of hydrogen-bond acceptors (Lipinski definition) is 4. The van der Waals surface area contributed by atoms with Crippen LogP contribution in [0.25, 0.3) is 0 Å². The van der Waals surface area contributed by atoms with Crippen LogP contribution < -0.4 is 5.32 Å². The number of aromatic carboxylic acids is 1. The van der Waals surface area contributed by atoms with Crippen molar-refractivity contribution in [1.29, 1.82) is 0 Å². The third-order valence-corrected chi connectivity index (χ3v) is 7.01. The number of hydrogen-bond donors (Lipinski definition) is 2. The summed E-state index contributed by atoms with van der Waals surface area (Å²) in [6, 6.07) is 6.89. The molecule has 1 aromatic heterocycles. The number of carbonyl (C=O) groups is 2. The molecule has 0 saturated heterocycles. The summed E-state index contributed by atoms with van der Waals surface area (Å²) in [7, 11) is 0. The largest absolute Gasteiger partial charge is 0.478 e. The van der Waals surface area contributed by atoms with Crippen molar-refractivity contribution in [2.45, 2.75) is 63.8 Å². The van der Waals surface area contributed by atoms with Crippen LogP contribution in [0.2, 0.25) is 0 Å². The van der Waals surface area contributed by atoms with Crippen LogP contribution in [0.15, 0.2) is 29.3 Å². The van der Waals surface area contributed by atoms with Crippen LogP contribution >= 0.6 is 11.3 Å². The minimum absolute atomic E-state index is 0.0182. The Morgan fingerprint density at radius 2 is 1.76 bits per heavy atom. The molecule has 0 radical (unpaired) electrons. The first-order valence-corrected chi connectivity index (χ1v) is 11.3. The zero-order chi connectivity index (χ0) is 20.2. The van der Waals surface area contributed by atoms with E-state index in [0.29, 0.717) is 0 Å². The Bertz CT molecular complexity index is 924. The van der Waals surface area contributed by atoms with Crippen molar-refractivity contribution < 1.29 is 14.7 Å². The Balaban J connectivity index is 1.59. The molecule has 2 N–H and O–H groups in total. The third-order valence-electron chi connectivity index (χ3n) is 5.81. The topological polar surface area (TPSA) is 78.8 Å². The van der Waals surface area contributed by atoms with Gasteiger partial charge in [-0.05, 0) is 61.8 Å². The predicted molar refractivity (Wildman–Crippen MR) is 116 cm³/mol. The van der Waals surface area contributed by atoms with E-state index in [0.717, 1.165) is 54.7 Å². The van der Waals surface area contributed by atoms with E-state index in [-0.39, 0.29) is 17.5 Å². The molecule has 4 rings (SSSR count). The molecule has 1 fully saturated rings. The number of carboxylic acid groups (broad SMARTS) is 1. The summed E-state index contributed by atoms with van der Waals surface area (Å²) >= 11 is 1.63. The number of fused-ring (bicyclic) bond motifs is 1. The van der Waals surface area contributed by atoms with E-state index in [1.165, 1.54) is 29.7 Å². The van der Waals surface area contributed by atoms with Gasteiger partial charge in [-0.15, -0.1) is 11.3 Å². The summed E-state index contributed by atoms with van der Waals surface area (Å²) in [4.78, 5) is 30.1. The summed E-state index contributed by atoms with van der Waals surface area (Å²) in [6.45, 7) is 0. The third kappa shape index (κ3) is 4.58. The smallest absolute Gasteiger partial charge is 0.335 e. The van der Waals surface area contributed by atoms with Crippen LogP contribution in [0.4, 0.5) is 5.00 Å². The quantitative estimate of drug-likeness (QED) is 0.670. The normalized spacial score (nSPS) is 17.2. The average molecular weight is 411 g/mol. The van der Waals surface area contributed by atoms with Crippen molar-refractivity contribution in [2.24, 2.45) is 4.99 Å². The Morgan fingerprint density at radius 3 is 2.48 bits per heavy atom. The van der Waals surface area contributed by atoms with E-state index < -0.39 is 5.97 Å². The average Bonchev–Trinajstić information content (AvgIpc) is 3.12. The van der Waals surface area contributed by atoms with E-state index in [1.807, 2.05) is 0 Å². The second kappa shape index (κ2) is 8.91. The van der Waals surface area contributed by atoms with Crippen LogP contribution in [0.5, 0.6) is 0 Å². The summed E-state index contributed by atoms with van der Waals surface area (Å²) in [5.41, 5.74) is 3.01. The minimum atomic E-state index is -0.943. The van der Waals surface area contributed by atoms with Gasteiger partial charge in [-0.25, -0.2) is 9.79 Å². The Kier molecular flexibility index (Phi) is 6.09. The van der Waals surface area contributed by atoms with Crippen LogP contribution in [0, 0.1) is 0 Å². The van der Waals surface area contributed by atoms with Crippen molar-refractivity contribution in [2.75, 3.05) is 0 Å². The first kappa shape index (κ1) is 19.8. The Labute approximate surface area is 174 Å². The highest BCUT2D eigenvalue weighted by Gasteiger charge is 2.27. The van der Waals surface area contributed by atoms with Gasteiger partial charge < -0.3 is 10.4 Å². The molecule has 0 atom stereocenters. The molecule has 0 spiro atoms. The lowest BCUT2D eigenvalue weighted by molar-refractivity contribution is 0.0696. The fourth-order valence-electron chi connectivity index (χ4n) is 4.23. The van der Waals surface area contributed by atoms with Crippen LogP contribution in [-0.2, 0) is 12.8 Å². The Hall–Kier alpha value is -2.47. The van der Waals surface area contributed by atoms with Crippen LogP contribution in [0.3, 0.4) is 0 Å². The monoisotopic (exact) mass is 410 g/mol. The highest BCUT2D eigenvalue weighted by molar-refractivity contribution is 7.16. The number of thiophene rings is 1. The zero-order valence-corrected chi connectivity index (χ0v) is 17.3. The molecule has 1 saturated carbocycles. The molecular formula is C23H26N2O3S. The first-order valence-electron chi connectivity index (χ1n) is 10.4. The van der Waals surface area contributed by atoms with Gasteiger partial charge >= 0.3 is 5.97 Å². The summed E-state index contributed by atoms with van der Waals surface area (Å²) in [5, 5.41) is 13.1. The number of benzene rings is 1. The predicted octanol–water partition coefficient (Wildman–Crippen LogP) is 5.14. The van der Waals surface area contributed by atoms with E-state index in [1.54, 1.807) is 41.8 Å². The molecule has 1 aromatic carbocycles. The van der Waals surface area contributed by atoms with E-state index in [4.69, 9.17) is 5.11 Å². The van der Waals surface area contributed by atoms with E-state index in [2.05, 4.69) is 10.3 Å². The number of nitrogens with zero attached hydrogens (tertiary/aromatic N) is 1. The molecule has 5 nitrogen and oxygen atoms in total. The number of rotatable bonds is 5. The molecule has 2 aliphatic carbocycles. The second-order valence-corrected chi connectivity index (χ2v) is 8.97. The van der Waals surface area contributed by atoms with Gasteiger partial charge in [-0.3, -0.25) is 4.79 Å². The molecule has 1 amide bonds. The summed E-state index contributed by atoms with van der Waals surface area (Å²) < 4.78 is 0. The Morgan fingerprint density at radius 1 is 1.03 bits per heavy atom. The van der Waals surface area contributed by atoms with E-state index >= 15 is 0 Å². The van der Waals surface area contributed by atoms with Crippen LogP contribution in [0.1, 0.15) is 81.7 Å². The summed E-state index contributed by atoms with van der Waals surface area (Å²) in [6.07, 6.45) is 11.7. The first-order chi connectivity index (χ1) is 14.1. The number of aliphatic imine (C=N–C) groups is 1. The molecule has 6 heteroatoms. The summed E-state index contributed by atoms with van der Waals surface area (Å²) in [5.74, 6) is -0.925. The van der Waals surface area contributed by atoms with Gasteiger partial charge in [-0.2, -0.15) is 0 Å². The number of carboxylic acids is 1. The fraction of sp³-hybridized carbons (Fsp3) is 0.435. The van der Waals surface area contributed by atoms with Crippen molar-refractivity contribution in [3.63, 3.8) is 0 Å². The molecule has 0 aliphatic heterocycles. The maximum Gasteiger partial charge on any atom is 0.335 e. The van der Waals surface area contributed by atoms with E-state index in [9.17, 15) is 9.59 Å². The highest BCUT2D eigenvalue weighted by Crippen LogP contribution is 2.40. The molecular weight excluding hydrogens is 384 g/mol. The molecule has 0 bridgehead atoms. The lowest BCUT2D eigenvalue weighted by atomic mass is 9.93. The van der Waals surface area contributed by atoms with Gasteiger partial charge in [0.2, 0.25) is 0 Å². The van der Waals surface area contributed by atoms with Gasteiger partial charge in [0.25, 0.3) is 5.91 Å². The minimum Gasteiger partial charge on any atom is -0.478 e. The van der Waals surface area contributed by atoms with Crippen molar-refractivity contribution in [3.8, 4) is 0 Å². The number of nitrogens with one attached hydrogen (secondary N) is 1.